The van der Waals surface area contributed by atoms with Gasteiger partial charge < -0.3 is 11.1 Å². The fourth-order valence-corrected chi connectivity index (χ4v) is 3.56. The summed E-state index contributed by atoms with van der Waals surface area (Å²) in [6.45, 7) is 2.29. The van der Waals surface area contributed by atoms with Gasteiger partial charge in [0.05, 0.1) is 10.2 Å². The van der Waals surface area contributed by atoms with Crippen LogP contribution in [0, 0.1) is 11.7 Å². The highest BCUT2D eigenvalue weighted by Gasteiger charge is 2.19. The minimum atomic E-state index is -0.312. The normalized spacial score (nSPS) is 23.1. The molecular formula is C15H20BrFN2S. The molecule has 2 unspecified atom stereocenters. The molecule has 1 aliphatic rings. The van der Waals surface area contributed by atoms with Crippen LogP contribution in [0.5, 0.6) is 0 Å². The van der Waals surface area contributed by atoms with Gasteiger partial charge in [-0.05, 0) is 53.2 Å². The first-order valence-corrected chi connectivity index (χ1v) is 8.23. The lowest BCUT2D eigenvalue weighted by Gasteiger charge is -2.19. The summed E-state index contributed by atoms with van der Waals surface area (Å²) < 4.78 is 14.7. The first-order chi connectivity index (χ1) is 9.49. The zero-order valence-electron chi connectivity index (χ0n) is 11.6. The largest absolute Gasteiger partial charge is 0.389 e. The molecule has 1 fully saturated rings. The maximum absolute atomic E-state index is 14.3. The van der Waals surface area contributed by atoms with E-state index in [1.54, 1.807) is 12.1 Å². The molecule has 0 aromatic heterocycles. The Balaban J connectivity index is 2.13. The van der Waals surface area contributed by atoms with Gasteiger partial charge in [0.25, 0.3) is 0 Å². The highest BCUT2D eigenvalue weighted by atomic mass is 79.9. The van der Waals surface area contributed by atoms with Crippen LogP contribution in [0.2, 0.25) is 0 Å². The van der Waals surface area contributed by atoms with Crippen LogP contribution in [-0.4, -0.2) is 11.0 Å². The first-order valence-electron chi connectivity index (χ1n) is 7.03. The van der Waals surface area contributed by atoms with Crippen LogP contribution in [0.4, 0.5) is 10.1 Å². The predicted octanol–water partition coefficient (Wildman–Crippen LogP) is 4.60. The van der Waals surface area contributed by atoms with E-state index in [-0.39, 0.29) is 10.8 Å². The Morgan fingerprint density at radius 3 is 2.80 bits per heavy atom. The second-order valence-electron chi connectivity index (χ2n) is 5.61. The molecule has 0 bridgehead atoms. The van der Waals surface area contributed by atoms with Crippen molar-refractivity contribution in [3.63, 3.8) is 0 Å². The van der Waals surface area contributed by atoms with Crippen molar-refractivity contribution in [2.24, 2.45) is 11.7 Å². The van der Waals surface area contributed by atoms with E-state index < -0.39 is 0 Å². The monoisotopic (exact) mass is 358 g/mol. The van der Waals surface area contributed by atoms with Gasteiger partial charge in [0.2, 0.25) is 0 Å². The summed E-state index contributed by atoms with van der Waals surface area (Å²) in [5, 5.41) is 3.33. The number of halogens is 2. The third kappa shape index (κ3) is 3.70. The fourth-order valence-electron chi connectivity index (χ4n) is 2.70. The van der Waals surface area contributed by atoms with E-state index in [1.165, 1.54) is 19.3 Å². The van der Waals surface area contributed by atoms with E-state index in [0.29, 0.717) is 21.8 Å². The second kappa shape index (κ2) is 6.85. The van der Waals surface area contributed by atoms with Crippen LogP contribution < -0.4 is 11.1 Å². The standard InChI is InChI=1S/C15H20BrFN2S/c1-9-3-2-4-10(6-5-9)19-12-8-7-11(15(18)20)13(16)14(12)17/h7-10,19H,2-6H2,1H3,(H2,18,20). The molecule has 2 nitrogen and oxygen atoms in total. The van der Waals surface area contributed by atoms with Crippen molar-refractivity contribution in [2.45, 2.75) is 45.1 Å². The number of thiocarbonyl (C=S) groups is 1. The number of benzene rings is 1. The summed E-state index contributed by atoms with van der Waals surface area (Å²) in [7, 11) is 0. The second-order valence-corrected chi connectivity index (χ2v) is 6.84. The molecule has 5 heteroatoms. The molecule has 0 heterocycles. The van der Waals surface area contributed by atoms with Crippen molar-refractivity contribution in [1.82, 2.24) is 0 Å². The lowest BCUT2D eigenvalue weighted by Crippen LogP contribution is -2.20. The average Bonchev–Trinajstić information content (AvgIpc) is 2.60. The minimum absolute atomic E-state index is 0.200. The Bertz CT molecular complexity index is 507. The van der Waals surface area contributed by atoms with E-state index >= 15 is 0 Å². The maximum Gasteiger partial charge on any atom is 0.161 e. The highest BCUT2D eigenvalue weighted by molar-refractivity contribution is 9.10. The van der Waals surface area contributed by atoms with Crippen LogP contribution >= 0.6 is 28.1 Å². The van der Waals surface area contributed by atoms with E-state index in [2.05, 4.69) is 28.2 Å². The quantitative estimate of drug-likeness (QED) is 0.612. The van der Waals surface area contributed by atoms with Gasteiger partial charge in [0.15, 0.2) is 5.82 Å². The summed E-state index contributed by atoms with van der Waals surface area (Å²) in [5.41, 5.74) is 6.63. The first kappa shape index (κ1) is 15.7. The van der Waals surface area contributed by atoms with Gasteiger partial charge in [-0.25, -0.2) is 4.39 Å². The van der Waals surface area contributed by atoms with Gasteiger partial charge >= 0.3 is 0 Å². The van der Waals surface area contributed by atoms with Gasteiger partial charge in [0, 0.05) is 11.6 Å². The van der Waals surface area contributed by atoms with Crippen LogP contribution in [0.25, 0.3) is 0 Å². The van der Waals surface area contributed by atoms with Crippen molar-refractivity contribution in [3.05, 3.63) is 28.0 Å². The summed E-state index contributed by atoms with van der Waals surface area (Å²) in [4.78, 5) is 0.200. The Kier molecular flexibility index (Phi) is 5.38. The molecule has 1 aromatic rings. The fraction of sp³-hybridized carbons (Fsp3) is 0.533. The molecule has 20 heavy (non-hydrogen) atoms. The van der Waals surface area contributed by atoms with Gasteiger partial charge in [-0.15, -0.1) is 0 Å². The third-order valence-electron chi connectivity index (χ3n) is 3.96. The Labute approximate surface area is 133 Å². The Morgan fingerprint density at radius 2 is 2.10 bits per heavy atom. The lowest BCUT2D eigenvalue weighted by molar-refractivity contribution is 0.501. The number of hydrogen-bond acceptors (Lipinski definition) is 2. The number of nitrogens with one attached hydrogen (secondary N) is 1. The highest BCUT2D eigenvalue weighted by Crippen LogP contribution is 2.30. The van der Waals surface area contributed by atoms with Crippen LogP contribution in [0.15, 0.2) is 16.6 Å². The molecule has 1 aliphatic carbocycles. The summed E-state index contributed by atoms with van der Waals surface area (Å²) in [6, 6.07) is 3.83. The maximum atomic E-state index is 14.3. The van der Waals surface area contributed by atoms with Gasteiger partial charge in [-0.2, -0.15) is 0 Å². The molecular weight excluding hydrogens is 339 g/mol. The molecule has 2 rings (SSSR count). The predicted molar refractivity (Wildman–Crippen MR) is 89.6 cm³/mol. The van der Waals surface area contributed by atoms with Gasteiger partial charge in [-0.1, -0.05) is 32.0 Å². The van der Waals surface area contributed by atoms with Gasteiger partial charge in [-0.3, -0.25) is 0 Å². The lowest BCUT2D eigenvalue weighted by atomic mass is 10.0. The average molecular weight is 359 g/mol. The van der Waals surface area contributed by atoms with E-state index in [0.717, 1.165) is 18.8 Å². The van der Waals surface area contributed by atoms with Crippen molar-refractivity contribution < 1.29 is 4.39 Å². The molecule has 2 atom stereocenters. The van der Waals surface area contributed by atoms with Crippen LogP contribution in [0.1, 0.15) is 44.6 Å². The third-order valence-corrected chi connectivity index (χ3v) is 4.96. The van der Waals surface area contributed by atoms with Crippen molar-refractivity contribution in [1.29, 1.82) is 0 Å². The molecule has 0 radical (unpaired) electrons. The zero-order valence-corrected chi connectivity index (χ0v) is 14.0. The number of anilines is 1. The van der Waals surface area contributed by atoms with Crippen LogP contribution in [0.3, 0.4) is 0 Å². The van der Waals surface area contributed by atoms with E-state index in [4.69, 9.17) is 18.0 Å². The topological polar surface area (TPSA) is 38.0 Å². The summed E-state index contributed by atoms with van der Waals surface area (Å²) in [6.07, 6.45) is 5.86. The number of nitrogens with two attached hydrogens (primary N) is 1. The molecule has 0 spiro atoms. The smallest absolute Gasteiger partial charge is 0.161 e. The molecule has 3 N–H and O–H groups in total. The molecule has 0 aliphatic heterocycles. The molecule has 1 saturated carbocycles. The minimum Gasteiger partial charge on any atom is -0.389 e. The van der Waals surface area contributed by atoms with Crippen LogP contribution in [-0.2, 0) is 0 Å². The zero-order chi connectivity index (χ0) is 14.7. The Hall–Kier alpha value is -0.680. The van der Waals surface area contributed by atoms with E-state index in [9.17, 15) is 4.39 Å². The number of rotatable bonds is 3. The molecule has 0 amide bonds. The molecule has 110 valence electrons. The Morgan fingerprint density at radius 1 is 1.35 bits per heavy atom. The van der Waals surface area contributed by atoms with E-state index in [1.807, 2.05) is 0 Å². The SMILES string of the molecule is CC1CCCC(Nc2ccc(C(N)=S)c(Br)c2F)CC1. The summed E-state index contributed by atoms with van der Waals surface area (Å²) >= 11 is 8.14. The molecule has 1 aromatic carbocycles. The van der Waals surface area contributed by atoms with Crippen molar-refractivity contribution in [3.8, 4) is 0 Å². The summed E-state index contributed by atoms with van der Waals surface area (Å²) in [5.74, 6) is 0.461. The van der Waals surface area contributed by atoms with Gasteiger partial charge in [0.1, 0.15) is 4.99 Å². The van der Waals surface area contributed by atoms with Crippen molar-refractivity contribution >= 4 is 38.8 Å². The number of hydrogen-bond donors (Lipinski definition) is 2. The van der Waals surface area contributed by atoms with Crippen molar-refractivity contribution in [2.75, 3.05) is 5.32 Å². The molecule has 0 saturated heterocycles.